The van der Waals surface area contributed by atoms with Crippen LogP contribution in [-0.2, 0) is 0 Å². The summed E-state index contributed by atoms with van der Waals surface area (Å²) in [6, 6.07) is 15.1. The van der Waals surface area contributed by atoms with E-state index in [4.69, 9.17) is 26.4 Å². The van der Waals surface area contributed by atoms with Gasteiger partial charge in [-0.15, -0.1) is 0 Å². The van der Waals surface area contributed by atoms with E-state index in [-0.39, 0.29) is 6.04 Å². The SMILES string of the molecule is C=CCOc1cccc(NC(=S)N[C@@H](C)COc2ccc(OC)cc2)c1. The van der Waals surface area contributed by atoms with Gasteiger partial charge in [0, 0.05) is 11.8 Å². The average molecular weight is 372 g/mol. The molecule has 0 aliphatic rings. The molecule has 0 aliphatic heterocycles. The summed E-state index contributed by atoms with van der Waals surface area (Å²) in [6.45, 7) is 6.59. The van der Waals surface area contributed by atoms with Gasteiger partial charge < -0.3 is 24.8 Å². The van der Waals surface area contributed by atoms with E-state index in [1.807, 2.05) is 55.5 Å². The maximum absolute atomic E-state index is 5.75. The van der Waals surface area contributed by atoms with Crippen molar-refractivity contribution in [2.75, 3.05) is 25.6 Å². The van der Waals surface area contributed by atoms with Crippen molar-refractivity contribution in [3.8, 4) is 17.2 Å². The molecule has 2 aromatic rings. The van der Waals surface area contributed by atoms with E-state index >= 15 is 0 Å². The molecule has 2 rings (SSSR count). The van der Waals surface area contributed by atoms with Crippen molar-refractivity contribution in [3.63, 3.8) is 0 Å². The third kappa shape index (κ3) is 6.64. The fraction of sp³-hybridized carbons (Fsp3) is 0.250. The Morgan fingerprint density at radius 3 is 2.54 bits per heavy atom. The highest BCUT2D eigenvalue weighted by molar-refractivity contribution is 7.80. The third-order valence-corrected chi connectivity index (χ3v) is 3.62. The Bertz CT molecular complexity index is 719. The molecule has 138 valence electrons. The standard InChI is InChI=1S/C20H24N2O3S/c1-4-12-24-19-7-5-6-16(13-19)22-20(26)21-15(2)14-25-18-10-8-17(23-3)9-11-18/h4-11,13,15H,1,12,14H2,2-3H3,(H2,21,22,26)/t15-/m0/s1. The monoisotopic (exact) mass is 372 g/mol. The molecule has 0 bridgehead atoms. The Labute approximate surface area is 160 Å². The van der Waals surface area contributed by atoms with E-state index in [1.54, 1.807) is 13.2 Å². The van der Waals surface area contributed by atoms with Crippen molar-refractivity contribution in [3.05, 3.63) is 61.2 Å². The number of ether oxygens (including phenoxy) is 3. The Balaban J connectivity index is 1.78. The zero-order chi connectivity index (χ0) is 18.8. The topological polar surface area (TPSA) is 51.8 Å². The summed E-state index contributed by atoms with van der Waals surface area (Å²) in [5, 5.41) is 6.87. The number of nitrogens with one attached hydrogen (secondary N) is 2. The molecular formula is C20H24N2O3S. The molecule has 0 amide bonds. The molecule has 0 heterocycles. The molecule has 0 saturated heterocycles. The Kier molecular flexibility index (Phi) is 7.76. The van der Waals surface area contributed by atoms with Crippen LogP contribution in [0.4, 0.5) is 5.69 Å². The van der Waals surface area contributed by atoms with Gasteiger partial charge in [0.15, 0.2) is 5.11 Å². The van der Waals surface area contributed by atoms with Crippen molar-refractivity contribution in [2.24, 2.45) is 0 Å². The van der Waals surface area contributed by atoms with E-state index in [0.717, 1.165) is 22.9 Å². The van der Waals surface area contributed by atoms with Crippen LogP contribution in [0.2, 0.25) is 0 Å². The van der Waals surface area contributed by atoms with Gasteiger partial charge in [0.25, 0.3) is 0 Å². The second kappa shape index (κ2) is 10.3. The van der Waals surface area contributed by atoms with Crippen molar-refractivity contribution in [1.29, 1.82) is 0 Å². The van der Waals surface area contributed by atoms with Gasteiger partial charge in [-0.2, -0.15) is 0 Å². The van der Waals surface area contributed by atoms with Crippen molar-refractivity contribution < 1.29 is 14.2 Å². The van der Waals surface area contributed by atoms with Crippen LogP contribution in [0.15, 0.2) is 61.2 Å². The molecule has 26 heavy (non-hydrogen) atoms. The number of thiocarbonyl (C=S) groups is 1. The van der Waals surface area contributed by atoms with E-state index < -0.39 is 0 Å². The summed E-state index contributed by atoms with van der Waals surface area (Å²) >= 11 is 5.36. The molecule has 2 N–H and O–H groups in total. The molecule has 2 aromatic carbocycles. The fourth-order valence-corrected chi connectivity index (χ4v) is 2.46. The smallest absolute Gasteiger partial charge is 0.171 e. The summed E-state index contributed by atoms with van der Waals surface area (Å²) < 4.78 is 16.4. The molecule has 0 unspecified atom stereocenters. The number of hydrogen-bond donors (Lipinski definition) is 2. The van der Waals surface area contributed by atoms with Crippen LogP contribution in [0.5, 0.6) is 17.2 Å². The molecular weight excluding hydrogens is 348 g/mol. The minimum atomic E-state index is 0.0392. The Morgan fingerprint density at radius 2 is 1.85 bits per heavy atom. The maximum atomic E-state index is 5.75. The zero-order valence-corrected chi connectivity index (χ0v) is 15.8. The zero-order valence-electron chi connectivity index (χ0n) is 15.0. The molecule has 0 fully saturated rings. The average Bonchev–Trinajstić information content (AvgIpc) is 2.65. The molecule has 5 nitrogen and oxygen atoms in total. The fourth-order valence-electron chi connectivity index (χ4n) is 2.14. The van der Waals surface area contributed by atoms with Crippen LogP contribution in [0.25, 0.3) is 0 Å². The Hall–Kier alpha value is -2.73. The van der Waals surface area contributed by atoms with Crippen LogP contribution < -0.4 is 24.8 Å². The normalized spacial score (nSPS) is 11.2. The lowest BCUT2D eigenvalue weighted by atomic mass is 10.3. The number of rotatable bonds is 9. The molecule has 0 radical (unpaired) electrons. The van der Waals surface area contributed by atoms with Crippen LogP contribution in [0.3, 0.4) is 0 Å². The largest absolute Gasteiger partial charge is 0.497 e. The maximum Gasteiger partial charge on any atom is 0.171 e. The van der Waals surface area contributed by atoms with Gasteiger partial charge in [0.2, 0.25) is 0 Å². The second-order valence-corrected chi connectivity index (χ2v) is 6.02. The van der Waals surface area contributed by atoms with Gasteiger partial charge in [0.1, 0.15) is 30.5 Å². The summed E-state index contributed by atoms with van der Waals surface area (Å²) in [5.41, 5.74) is 0.854. The minimum absolute atomic E-state index is 0.0392. The molecule has 1 atom stereocenters. The summed E-state index contributed by atoms with van der Waals surface area (Å²) in [7, 11) is 1.64. The molecule has 0 aromatic heterocycles. The predicted octanol–water partition coefficient (Wildman–Crippen LogP) is 4.01. The van der Waals surface area contributed by atoms with Gasteiger partial charge in [-0.25, -0.2) is 0 Å². The molecule has 6 heteroatoms. The first kappa shape index (κ1) is 19.6. The number of hydrogen-bond acceptors (Lipinski definition) is 4. The molecule has 0 spiro atoms. The number of methoxy groups -OCH3 is 1. The quantitative estimate of drug-likeness (QED) is 0.512. The van der Waals surface area contributed by atoms with Gasteiger partial charge in [-0.3, -0.25) is 0 Å². The van der Waals surface area contributed by atoms with Gasteiger partial charge in [0.05, 0.1) is 13.2 Å². The third-order valence-electron chi connectivity index (χ3n) is 3.40. The van der Waals surface area contributed by atoms with Gasteiger partial charge in [-0.05, 0) is 55.5 Å². The Morgan fingerprint density at radius 1 is 1.12 bits per heavy atom. The first-order valence-corrected chi connectivity index (χ1v) is 8.69. The van der Waals surface area contributed by atoms with E-state index in [9.17, 15) is 0 Å². The van der Waals surface area contributed by atoms with Crippen LogP contribution in [0.1, 0.15) is 6.92 Å². The first-order valence-electron chi connectivity index (χ1n) is 8.29. The van der Waals surface area contributed by atoms with Crippen LogP contribution in [0, 0.1) is 0 Å². The van der Waals surface area contributed by atoms with E-state index in [0.29, 0.717) is 18.3 Å². The van der Waals surface area contributed by atoms with Crippen LogP contribution >= 0.6 is 12.2 Å². The predicted molar refractivity (Wildman–Crippen MR) is 109 cm³/mol. The second-order valence-electron chi connectivity index (χ2n) is 5.61. The number of anilines is 1. The summed E-state index contributed by atoms with van der Waals surface area (Å²) in [4.78, 5) is 0. The lowest BCUT2D eigenvalue weighted by Gasteiger charge is -2.18. The van der Waals surface area contributed by atoms with E-state index in [1.165, 1.54) is 0 Å². The van der Waals surface area contributed by atoms with Gasteiger partial charge in [-0.1, -0.05) is 18.7 Å². The van der Waals surface area contributed by atoms with Crippen LogP contribution in [-0.4, -0.2) is 31.5 Å². The molecule has 0 aliphatic carbocycles. The lowest BCUT2D eigenvalue weighted by molar-refractivity contribution is 0.286. The first-order chi connectivity index (χ1) is 12.6. The van der Waals surface area contributed by atoms with Crippen molar-refractivity contribution in [1.82, 2.24) is 5.32 Å². The molecule has 0 saturated carbocycles. The highest BCUT2D eigenvalue weighted by atomic mass is 32.1. The highest BCUT2D eigenvalue weighted by Gasteiger charge is 2.06. The highest BCUT2D eigenvalue weighted by Crippen LogP contribution is 2.18. The summed E-state index contributed by atoms with van der Waals surface area (Å²) in [6.07, 6.45) is 1.71. The minimum Gasteiger partial charge on any atom is -0.497 e. The van der Waals surface area contributed by atoms with Crippen molar-refractivity contribution >= 4 is 23.0 Å². The summed E-state index contributed by atoms with van der Waals surface area (Å²) in [5.74, 6) is 2.34. The number of benzene rings is 2. The van der Waals surface area contributed by atoms with Crippen molar-refractivity contribution in [2.45, 2.75) is 13.0 Å². The lowest BCUT2D eigenvalue weighted by Crippen LogP contribution is -2.39. The van der Waals surface area contributed by atoms with Gasteiger partial charge >= 0.3 is 0 Å². The van der Waals surface area contributed by atoms with E-state index in [2.05, 4.69) is 17.2 Å².